The molecule has 1 aromatic carbocycles. The average Bonchev–Trinajstić information content (AvgIpc) is 2.36. The van der Waals surface area contributed by atoms with Crippen molar-refractivity contribution >= 4 is 32.8 Å². The number of nitrogens with zero attached hydrogens (tertiary/aromatic N) is 1. The number of hydrogen-bond acceptors (Lipinski definition) is 2. The number of fused-ring (bicyclic) bond motifs is 2. The summed E-state index contributed by atoms with van der Waals surface area (Å²) < 4.78 is 0.922. The Morgan fingerprint density at radius 3 is 2.85 bits per heavy atom. The maximum absolute atomic E-state index is 11.7. The Morgan fingerprint density at radius 2 is 2.15 bits per heavy atom. The van der Waals surface area contributed by atoms with Gasteiger partial charge in [0.2, 0.25) is 0 Å². The summed E-state index contributed by atoms with van der Waals surface area (Å²) >= 11 is 3.43. The number of aromatic carboxylic acids is 1. The largest absolute Gasteiger partial charge is 0.478 e. The van der Waals surface area contributed by atoms with Crippen LogP contribution in [-0.2, 0) is 6.42 Å². The van der Waals surface area contributed by atoms with Crippen LogP contribution in [0, 0.1) is 5.92 Å². The van der Waals surface area contributed by atoms with E-state index >= 15 is 0 Å². The Hall–Kier alpha value is -1.42. The molecule has 0 saturated carbocycles. The summed E-state index contributed by atoms with van der Waals surface area (Å²) in [4.78, 5) is 16.5. The van der Waals surface area contributed by atoms with Crippen LogP contribution in [0.3, 0.4) is 0 Å². The van der Waals surface area contributed by atoms with Gasteiger partial charge in [-0.15, -0.1) is 0 Å². The van der Waals surface area contributed by atoms with Gasteiger partial charge in [0, 0.05) is 15.6 Å². The number of halogens is 1. The molecule has 3 rings (SSSR count). The molecular formula is C16H16BrNO2. The molecule has 2 aromatic rings. The lowest BCUT2D eigenvalue weighted by Gasteiger charge is -2.28. The number of pyridine rings is 1. The van der Waals surface area contributed by atoms with Gasteiger partial charge in [-0.3, -0.25) is 4.98 Å². The fourth-order valence-corrected chi connectivity index (χ4v) is 3.65. The molecule has 2 unspecified atom stereocenters. The molecule has 1 aromatic heterocycles. The summed E-state index contributed by atoms with van der Waals surface area (Å²) in [6.45, 7) is 4.31. The Bertz CT molecular complexity index is 711. The molecule has 1 aliphatic rings. The summed E-state index contributed by atoms with van der Waals surface area (Å²) in [5, 5.41) is 10.4. The highest BCUT2D eigenvalue weighted by Gasteiger charge is 2.28. The van der Waals surface area contributed by atoms with Gasteiger partial charge in [-0.25, -0.2) is 4.79 Å². The molecule has 104 valence electrons. The Labute approximate surface area is 126 Å². The van der Waals surface area contributed by atoms with Crippen molar-refractivity contribution in [2.45, 2.75) is 32.6 Å². The number of carboxylic acids is 1. The highest BCUT2D eigenvalue weighted by Crippen LogP contribution is 2.38. The minimum atomic E-state index is -0.850. The molecule has 0 saturated heterocycles. The van der Waals surface area contributed by atoms with Gasteiger partial charge in [-0.05, 0) is 42.4 Å². The lowest BCUT2D eigenvalue weighted by atomic mass is 9.79. The first-order valence-corrected chi connectivity index (χ1v) is 7.62. The highest BCUT2D eigenvalue weighted by molar-refractivity contribution is 9.10. The van der Waals surface area contributed by atoms with Crippen LogP contribution in [0.2, 0.25) is 0 Å². The molecule has 3 nitrogen and oxygen atoms in total. The predicted molar refractivity (Wildman–Crippen MR) is 82.3 cm³/mol. The standard InChI is InChI=1S/C16H16BrNO2/c1-8-5-9(2)15-12(6-8)14(16(19)20)11-4-3-10(17)7-13(11)18-15/h3-4,7-9H,5-6H2,1-2H3,(H,19,20). The van der Waals surface area contributed by atoms with Gasteiger partial charge in [-0.2, -0.15) is 0 Å². The fourth-order valence-electron chi connectivity index (χ4n) is 3.30. The van der Waals surface area contributed by atoms with E-state index < -0.39 is 5.97 Å². The first kappa shape index (κ1) is 13.6. The first-order chi connectivity index (χ1) is 9.47. The molecule has 0 aliphatic heterocycles. The number of hydrogen-bond donors (Lipinski definition) is 1. The zero-order valence-corrected chi connectivity index (χ0v) is 13.1. The molecule has 0 fully saturated rings. The summed E-state index contributed by atoms with van der Waals surface area (Å²) in [7, 11) is 0. The monoisotopic (exact) mass is 333 g/mol. The molecule has 20 heavy (non-hydrogen) atoms. The number of benzene rings is 1. The Balaban J connectivity index is 2.39. The topological polar surface area (TPSA) is 50.2 Å². The predicted octanol–water partition coefficient (Wildman–Crippen LogP) is 4.38. The van der Waals surface area contributed by atoms with Crippen LogP contribution in [0.1, 0.15) is 47.8 Å². The van der Waals surface area contributed by atoms with E-state index in [0.717, 1.165) is 39.5 Å². The molecule has 1 aliphatic carbocycles. The van der Waals surface area contributed by atoms with Crippen LogP contribution >= 0.6 is 15.9 Å². The smallest absolute Gasteiger partial charge is 0.336 e. The lowest BCUT2D eigenvalue weighted by Crippen LogP contribution is -2.20. The second-order valence-electron chi connectivity index (χ2n) is 5.76. The highest BCUT2D eigenvalue weighted by atomic mass is 79.9. The van der Waals surface area contributed by atoms with Gasteiger partial charge in [0.25, 0.3) is 0 Å². The zero-order chi connectivity index (χ0) is 14.4. The van der Waals surface area contributed by atoms with Crippen molar-refractivity contribution in [2.75, 3.05) is 0 Å². The molecule has 0 radical (unpaired) electrons. The van der Waals surface area contributed by atoms with Crippen LogP contribution in [0.25, 0.3) is 10.9 Å². The molecule has 4 heteroatoms. The van der Waals surface area contributed by atoms with Gasteiger partial charge in [0.15, 0.2) is 0 Å². The van der Waals surface area contributed by atoms with Crippen molar-refractivity contribution in [1.29, 1.82) is 0 Å². The lowest BCUT2D eigenvalue weighted by molar-refractivity contribution is 0.0697. The Morgan fingerprint density at radius 1 is 1.40 bits per heavy atom. The van der Waals surface area contributed by atoms with E-state index in [2.05, 4.69) is 29.8 Å². The number of aromatic nitrogens is 1. The van der Waals surface area contributed by atoms with Gasteiger partial charge in [0.1, 0.15) is 0 Å². The van der Waals surface area contributed by atoms with Gasteiger partial charge in [0.05, 0.1) is 11.1 Å². The van der Waals surface area contributed by atoms with Crippen molar-refractivity contribution in [3.05, 3.63) is 39.5 Å². The third-order valence-corrected chi connectivity index (χ3v) is 4.56. The zero-order valence-electron chi connectivity index (χ0n) is 11.5. The van der Waals surface area contributed by atoms with E-state index in [1.54, 1.807) is 0 Å². The fraction of sp³-hybridized carbons (Fsp3) is 0.375. The third-order valence-electron chi connectivity index (χ3n) is 4.07. The van der Waals surface area contributed by atoms with Crippen LogP contribution in [0.5, 0.6) is 0 Å². The summed E-state index contributed by atoms with van der Waals surface area (Å²) in [5.74, 6) is -0.0298. The Kier molecular flexibility index (Phi) is 3.28. The van der Waals surface area contributed by atoms with E-state index in [0.29, 0.717) is 17.4 Å². The number of carbonyl (C=O) groups is 1. The number of carboxylic acid groups (broad SMARTS) is 1. The second-order valence-corrected chi connectivity index (χ2v) is 6.68. The minimum absolute atomic E-state index is 0.315. The van der Waals surface area contributed by atoms with Gasteiger partial charge in [-0.1, -0.05) is 35.8 Å². The molecule has 1 N–H and O–H groups in total. The summed E-state index contributed by atoms with van der Waals surface area (Å²) in [6.07, 6.45) is 1.87. The summed E-state index contributed by atoms with van der Waals surface area (Å²) in [5.41, 5.74) is 3.09. The van der Waals surface area contributed by atoms with Gasteiger partial charge >= 0.3 is 5.97 Å². The van der Waals surface area contributed by atoms with E-state index in [1.807, 2.05) is 18.2 Å². The molecule has 2 atom stereocenters. The maximum Gasteiger partial charge on any atom is 0.336 e. The van der Waals surface area contributed by atoms with Crippen LogP contribution in [-0.4, -0.2) is 16.1 Å². The van der Waals surface area contributed by atoms with E-state index in [9.17, 15) is 9.90 Å². The van der Waals surface area contributed by atoms with E-state index in [4.69, 9.17) is 4.98 Å². The van der Waals surface area contributed by atoms with Crippen LogP contribution in [0.15, 0.2) is 22.7 Å². The van der Waals surface area contributed by atoms with Crippen molar-refractivity contribution in [2.24, 2.45) is 5.92 Å². The normalized spacial score (nSPS) is 21.8. The second kappa shape index (κ2) is 4.85. The van der Waals surface area contributed by atoms with E-state index in [-0.39, 0.29) is 0 Å². The van der Waals surface area contributed by atoms with Gasteiger partial charge < -0.3 is 5.11 Å². The van der Waals surface area contributed by atoms with Crippen molar-refractivity contribution in [3.63, 3.8) is 0 Å². The molecule has 0 bridgehead atoms. The molecular weight excluding hydrogens is 318 g/mol. The van der Waals surface area contributed by atoms with Crippen molar-refractivity contribution < 1.29 is 9.90 Å². The third kappa shape index (κ3) is 2.12. The SMILES string of the molecule is CC1Cc2c(nc3cc(Br)ccc3c2C(=O)O)C(C)C1. The maximum atomic E-state index is 11.7. The quantitative estimate of drug-likeness (QED) is 0.842. The molecule has 1 heterocycles. The average molecular weight is 334 g/mol. The van der Waals surface area contributed by atoms with E-state index in [1.165, 1.54) is 0 Å². The first-order valence-electron chi connectivity index (χ1n) is 6.82. The van der Waals surface area contributed by atoms with Crippen LogP contribution < -0.4 is 0 Å². The van der Waals surface area contributed by atoms with Crippen molar-refractivity contribution in [1.82, 2.24) is 4.98 Å². The number of rotatable bonds is 1. The molecule has 0 amide bonds. The minimum Gasteiger partial charge on any atom is -0.478 e. The summed E-state index contributed by atoms with van der Waals surface area (Å²) in [6, 6.07) is 5.62. The molecule has 0 spiro atoms. The van der Waals surface area contributed by atoms with Crippen LogP contribution in [0.4, 0.5) is 0 Å². The van der Waals surface area contributed by atoms with Crippen molar-refractivity contribution in [3.8, 4) is 0 Å².